The molecule has 0 saturated heterocycles. The van der Waals surface area contributed by atoms with Crippen molar-refractivity contribution in [2.24, 2.45) is 0 Å². The highest BCUT2D eigenvalue weighted by Crippen LogP contribution is 2.24. The van der Waals surface area contributed by atoms with E-state index in [0.717, 1.165) is 0 Å². The fourth-order valence-electron chi connectivity index (χ4n) is 2.67. The molecule has 0 unspecified atom stereocenters. The second kappa shape index (κ2) is 8.14. The Kier molecular flexibility index (Phi) is 5.63. The number of anilines is 2. The predicted octanol–water partition coefficient (Wildman–Crippen LogP) is 3.46. The summed E-state index contributed by atoms with van der Waals surface area (Å²) in [4.78, 5) is 2.47. The van der Waals surface area contributed by atoms with Crippen LogP contribution in [0.5, 0.6) is 0 Å². The molecule has 0 spiro atoms. The number of pyridine rings is 1. The topological polar surface area (TPSA) is 92.5 Å². The monoisotopic (exact) mass is 408 g/mol. The van der Waals surface area contributed by atoms with E-state index in [1.165, 1.54) is 28.9 Å². The van der Waals surface area contributed by atoms with Crippen molar-refractivity contribution >= 4 is 11.5 Å². The zero-order chi connectivity index (χ0) is 21.1. The minimum absolute atomic E-state index is 0.0532. The zero-order valence-electron chi connectivity index (χ0n) is 14.7. The molecule has 2 heterocycles. The number of nitrogen functional groups attached to an aromatic ring is 1. The van der Waals surface area contributed by atoms with E-state index in [1.54, 1.807) is 0 Å². The summed E-state index contributed by atoms with van der Waals surface area (Å²) in [5.41, 5.74) is 5.82. The van der Waals surface area contributed by atoms with Crippen molar-refractivity contribution in [1.29, 1.82) is 5.26 Å². The molecule has 150 valence electrons. The number of hydrogen-bond acceptors (Lipinski definition) is 5. The van der Waals surface area contributed by atoms with Gasteiger partial charge in [-0.3, -0.25) is 0 Å². The summed E-state index contributed by atoms with van der Waals surface area (Å²) in [6, 6.07) is 7.22. The third-order valence-corrected chi connectivity index (χ3v) is 4.07. The number of aryl methyl sites for hydroxylation is 1. The van der Waals surface area contributed by atoms with Gasteiger partial charge in [0.05, 0.1) is 11.4 Å². The molecule has 3 N–H and O–H groups in total. The Bertz CT molecular complexity index is 1060. The lowest BCUT2D eigenvalue weighted by Crippen LogP contribution is -2.11. The van der Waals surface area contributed by atoms with Crippen molar-refractivity contribution in [2.45, 2.75) is 12.8 Å². The molecule has 3 rings (SSSR count). The molecule has 0 atom stereocenters. The summed E-state index contributed by atoms with van der Waals surface area (Å²) in [6.45, 7) is -0.0785. The largest absolute Gasteiger partial charge is 0.382 e. The van der Waals surface area contributed by atoms with Gasteiger partial charge >= 0.3 is 0 Å². The van der Waals surface area contributed by atoms with Crippen LogP contribution in [-0.2, 0) is 6.42 Å². The maximum atomic E-state index is 13.6. The first kappa shape index (κ1) is 20.1. The Labute approximate surface area is 161 Å². The molecule has 6 nitrogen and oxygen atoms in total. The maximum absolute atomic E-state index is 13.6. The summed E-state index contributed by atoms with van der Waals surface area (Å²) in [5.74, 6) is -7.18. The number of nitrogens with two attached hydrogens (primary N) is 1. The van der Waals surface area contributed by atoms with Gasteiger partial charge in [0, 0.05) is 6.54 Å². The molecule has 2 aromatic heterocycles. The van der Waals surface area contributed by atoms with Gasteiger partial charge in [0.15, 0.2) is 0 Å². The number of aromatic nitrogens is 3. The van der Waals surface area contributed by atoms with Gasteiger partial charge in [0.1, 0.15) is 29.0 Å². The van der Waals surface area contributed by atoms with Gasteiger partial charge in [-0.25, -0.2) is 9.07 Å². The Hall–Kier alpha value is -3.68. The molecule has 0 amide bonds. The van der Waals surface area contributed by atoms with Gasteiger partial charge in [-0.1, -0.05) is 0 Å². The SMILES string of the molecule is N#Cc1c(CCCNc2c(F)c(F)nc(F)c2F)nn(-c2ccc(F)cc2)c1N. The summed E-state index contributed by atoms with van der Waals surface area (Å²) in [7, 11) is 0. The number of nitrogens with one attached hydrogen (secondary N) is 1. The quantitative estimate of drug-likeness (QED) is 0.370. The number of nitriles is 1. The predicted molar refractivity (Wildman–Crippen MR) is 93.5 cm³/mol. The molecule has 0 saturated carbocycles. The van der Waals surface area contributed by atoms with Gasteiger partial charge in [-0.2, -0.15) is 32.9 Å². The standard InChI is InChI=1S/C18H13F5N6/c19-9-3-5-10(6-4-9)29-18(25)11(8-24)12(28-29)2-1-7-26-15-13(20)16(22)27-17(23)14(15)21/h3-6H,1-2,7,25H2,(H,26,27). The second-order valence-electron chi connectivity index (χ2n) is 5.93. The minimum atomic E-state index is -1.76. The number of hydrogen-bond donors (Lipinski definition) is 2. The van der Waals surface area contributed by atoms with Crippen LogP contribution in [0.4, 0.5) is 33.5 Å². The average Bonchev–Trinajstić information content (AvgIpc) is 3.01. The summed E-state index contributed by atoms with van der Waals surface area (Å²) >= 11 is 0. The first-order chi connectivity index (χ1) is 13.8. The molecule has 0 aliphatic carbocycles. The van der Waals surface area contributed by atoms with E-state index in [2.05, 4.69) is 15.4 Å². The van der Waals surface area contributed by atoms with Gasteiger partial charge in [0.25, 0.3) is 11.9 Å². The van der Waals surface area contributed by atoms with Gasteiger partial charge < -0.3 is 11.1 Å². The molecular formula is C18H13F5N6. The van der Waals surface area contributed by atoms with E-state index < -0.39 is 35.0 Å². The average molecular weight is 408 g/mol. The van der Waals surface area contributed by atoms with Gasteiger partial charge in [0.2, 0.25) is 11.6 Å². The number of halogens is 5. The summed E-state index contributed by atoms with van der Waals surface area (Å²) in [5, 5.41) is 15.8. The van der Waals surface area contributed by atoms with Crippen LogP contribution in [-0.4, -0.2) is 21.3 Å². The van der Waals surface area contributed by atoms with Crippen LogP contribution in [0.15, 0.2) is 24.3 Å². The highest BCUT2D eigenvalue weighted by atomic mass is 19.2. The molecule has 0 fully saturated rings. The van der Waals surface area contributed by atoms with Gasteiger partial charge in [-0.05, 0) is 37.1 Å². The van der Waals surface area contributed by atoms with Crippen LogP contribution in [0.1, 0.15) is 17.7 Å². The fourth-order valence-corrected chi connectivity index (χ4v) is 2.67. The lowest BCUT2D eigenvalue weighted by molar-refractivity contribution is 0.410. The maximum Gasteiger partial charge on any atom is 0.253 e. The minimum Gasteiger partial charge on any atom is -0.382 e. The lowest BCUT2D eigenvalue weighted by atomic mass is 10.1. The molecule has 0 bridgehead atoms. The van der Waals surface area contributed by atoms with E-state index in [4.69, 9.17) is 5.73 Å². The molecule has 0 aliphatic heterocycles. The van der Waals surface area contributed by atoms with Crippen molar-refractivity contribution in [3.8, 4) is 11.8 Å². The van der Waals surface area contributed by atoms with Crippen LogP contribution < -0.4 is 11.1 Å². The lowest BCUT2D eigenvalue weighted by Gasteiger charge is -2.08. The second-order valence-corrected chi connectivity index (χ2v) is 5.93. The third kappa shape index (κ3) is 3.96. The first-order valence-electron chi connectivity index (χ1n) is 8.30. The Morgan fingerprint density at radius 1 is 1.03 bits per heavy atom. The highest BCUT2D eigenvalue weighted by molar-refractivity contribution is 5.56. The van der Waals surface area contributed by atoms with Crippen LogP contribution in [0, 0.1) is 40.7 Å². The van der Waals surface area contributed by atoms with Crippen LogP contribution >= 0.6 is 0 Å². The van der Waals surface area contributed by atoms with Gasteiger partial charge in [-0.15, -0.1) is 0 Å². The van der Waals surface area contributed by atoms with E-state index in [9.17, 15) is 27.2 Å². The normalized spacial score (nSPS) is 10.8. The summed E-state index contributed by atoms with van der Waals surface area (Å²) < 4.78 is 67.7. The van der Waals surface area contributed by atoms with Crippen LogP contribution in [0.25, 0.3) is 5.69 Å². The smallest absolute Gasteiger partial charge is 0.253 e. The Morgan fingerprint density at radius 2 is 1.66 bits per heavy atom. The molecule has 0 radical (unpaired) electrons. The van der Waals surface area contributed by atoms with E-state index in [1.807, 2.05) is 6.07 Å². The molecule has 0 aliphatic rings. The highest BCUT2D eigenvalue weighted by Gasteiger charge is 2.21. The van der Waals surface area contributed by atoms with E-state index >= 15 is 0 Å². The van der Waals surface area contributed by atoms with E-state index in [0.29, 0.717) is 11.4 Å². The Morgan fingerprint density at radius 3 is 2.24 bits per heavy atom. The van der Waals surface area contributed by atoms with Crippen molar-refractivity contribution in [1.82, 2.24) is 14.8 Å². The molecule has 11 heteroatoms. The summed E-state index contributed by atoms with van der Waals surface area (Å²) in [6.07, 6.45) is 0.382. The number of nitrogens with zero attached hydrogens (tertiary/aromatic N) is 4. The van der Waals surface area contributed by atoms with Crippen LogP contribution in [0.2, 0.25) is 0 Å². The fraction of sp³-hybridized carbons (Fsp3) is 0.167. The molecule has 3 aromatic rings. The first-order valence-corrected chi connectivity index (χ1v) is 8.30. The van der Waals surface area contributed by atoms with Crippen molar-refractivity contribution in [3.63, 3.8) is 0 Å². The third-order valence-electron chi connectivity index (χ3n) is 4.07. The zero-order valence-corrected chi connectivity index (χ0v) is 14.7. The van der Waals surface area contributed by atoms with E-state index in [-0.39, 0.29) is 30.8 Å². The number of rotatable bonds is 6. The van der Waals surface area contributed by atoms with Crippen molar-refractivity contribution < 1.29 is 22.0 Å². The number of benzene rings is 1. The Balaban J connectivity index is 1.73. The molecule has 29 heavy (non-hydrogen) atoms. The van der Waals surface area contributed by atoms with Crippen molar-refractivity contribution in [3.05, 3.63) is 64.9 Å². The molecular weight excluding hydrogens is 395 g/mol. The molecule has 1 aromatic carbocycles. The van der Waals surface area contributed by atoms with Crippen LogP contribution in [0.3, 0.4) is 0 Å². The van der Waals surface area contributed by atoms with Crippen molar-refractivity contribution in [2.75, 3.05) is 17.6 Å².